The number of anilines is 1. The third-order valence-electron chi connectivity index (χ3n) is 3.31. The predicted octanol–water partition coefficient (Wildman–Crippen LogP) is 1.55. The van der Waals surface area contributed by atoms with Crippen LogP contribution in [0.1, 0.15) is 17.8 Å². The molecule has 0 saturated carbocycles. The second-order valence-corrected chi connectivity index (χ2v) is 4.49. The fourth-order valence-electron chi connectivity index (χ4n) is 2.30. The summed E-state index contributed by atoms with van der Waals surface area (Å²) < 4.78 is 0. The fourth-order valence-corrected chi connectivity index (χ4v) is 2.30. The highest BCUT2D eigenvalue weighted by atomic mass is 16.1. The zero-order valence-corrected chi connectivity index (χ0v) is 9.89. The van der Waals surface area contributed by atoms with Gasteiger partial charge in [0.15, 0.2) is 0 Å². The summed E-state index contributed by atoms with van der Waals surface area (Å²) in [5.41, 5.74) is 2.99. The van der Waals surface area contributed by atoms with Gasteiger partial charge in [-0.1, -0.05) is 0 Å². The zero-order valence-electron chi connectivity index (χ0n) is 9.89. The summed E-state index contributed by atoms with van der Waals surface area (Å²) in [5, 5.41) is 2.92. The Hall–Kier alpha value is -2.17. The molecule has 3 rings (SSSR count). The topological polar surface area (TPSA) is 70.7 Å². The Labute approximate surface area is 105 Å². The van der Waals surface area contributed by atoms with Gasteiger partial charge in [-0.05, 0) is 25.0 Å². The molecule has 1 aliphatic rings. The minimum Gasteiger partial charge on any atom is -0.348 e. The summed E-state index contributed by atoms with van der Waals surface area (Å²) in [6.07, 6.45) is 7.51. The number of H-pyrrole nitrogens is 1. The Balaban J connectivity index is 1.68. The summed E-state index contributed by atoms with van der Waals surface area (Å²) in [5.74, 6) is 0.0903. The van der Waals surface area contributed by atoms with E-state index in [1.165, 1.54) is 0 Å². The van der Waals surface area contributed by atoms with Gasteiger partial charge in [-0.2, -0.15) is 0 Å². The Morgan fingerprint density at radius 3 is 3.06 bits per heavy atom. The molecule has 2 heterocycles. The molecule has 1 unspecified atom stereocenters. The van der Waals surface area contributed by atoms with Crippen molar-refractivity contribution < 1.29 is 4.79 Å². The molecule has 5 heteroatoms. The van der Waals surface area contributed by atoms with E-state index >= 15 is 0 Å². The lowest BCUT2D eigenvalue weighted by molar-refractivity contribution is -0.120. The third-order valence-corrected chi connectivity index (χ3v) is 3.31. The van der Waals surface area contributed by atoms with Gasteiger partial charge in [0.25, 0.3) is 0 Å². The Morgan fingerprint density at radius 2 is 2.22 bits per heavy atom. The van der Waals surface area contributed by atoms with E-state index in [4.69, 9.17) is 0 Å². The predicted molar refractivity (Wildman–Crippen MR) is 67.0 cm³/mol. The molecule has 1 amide bonds. The molecule has 0 radical (unpaired) electrons. The van der Waals surface area contributed by atoms with Crippen LogP contribution in [0.2, 0.25) is 0 Å². The van der Waals surface area contributed by atoms with Crippen molar-refractivity contribution >= 4 is 11.6 Å². The van der Waals surface area contributed by atoms with Gasteiger partial charge in [0, 0.05) is 36.1 Å². The monoisotopic (exact) mass is 242 g/mol. The van der Waals surface area contributed by atoms with Crippen molar-refractivity contribution in [2.45, 2.75) is 19.3 Å². The number of fused-ring (bicyclic) bond motifs is 1. The number of amides is 1. The molecule has 0 spiro atoms. The average molecular weight is 242 g/mol. The first kappa shape index (κ1) is 11.0. The van der Waals surface area contributed by atoms with Crippen molar-refractivity contribution in [3.05, 3.63) is 42.2 Å². The molecule has 2 aromatic heterocycles. The van der Waals surface area contributed by atoms with E-state index in [9.17, 15) is 4.79 Å². The van der Waals surface area contributed by atoms with Gasteiger partial charge in [0.2, 0.25) is 5.91 Å². The summed E-state index contributed by atoms with van der Waals surface area (Å²) in [6, 6.07) is 3.59. The minimum atomic E-state index is 0.0196. The number of imidazole rings is 1. The first-order chi connectivity index (χ1) is 8.83. The fraction of sp³-hybridized carbons (Fsp3) is 0.308. The number of nitrogens with one attached hydrogen (secondary N) is 2. The Kier molecular flexibility index (Phi) is 2.80. The van der Waals surface area contributed by atoms with E-state index in [0.29, 0.717) is 0 Å². The van der Waals surface area contributed by atoms with Crippen LogP contribution in [0.4, 0.5) is 5.69 Å². The molecule has 1 aliphatic carbocycles. The van der Waals surface area contributed by atoms with Crippen LogP contribution >= 0.6 is 0 Å². The second-order valence-electron chi connectivity index (χ2n) is 4.49. The maximum atomic E-state index is 12.1. The van der Waals surface area contributed by atoms with Gasteiger partial charge < -0.3 is 10.3 Å². The molecule has 0 fully saturated rings. The second kappa shape index (κ2) is 4.60. The summed E-state index contributed by atoms with van der Waals surface area (Å²) >= 11 is 0. The molecule has 18 heavy (non-hydrogen) atoms. The van der Waals surface area contributed by atoms with Gasteiger partial charge in [-0.25, -0.2) is 4.98 Å². The molecule has 0 aliphatic heterocycles. The average Bonchev–Trinajstić information content (AvgIpc) is 2.87. The highest BCUT2D eigenvalue weighted by molar-refractivity contribution is 5.92. The van der Waals surface area contributed by atoms with Crippen LogP contribution in [0.15, 0.2) is 30.9 Å². The molecule has 0 bridgehead atoms. The molecular weight excluding hydrogens is 228 g/mol. The third kappa shape index (κ3) is 2.11. The lowest BCUT2D eigenvalue weighted by Gasteiger charge is -2.20. The van der Waals surface area contributed by atoms with E-state index in [2.05, 4.69) is 20.3 Å². The SMILES string of the molecule is O=C(Nc1ccncc1)C1CCc2nc[nH]c2C1. The van der Waals surface area contributed by atoms with E-state index in [0.717, 1.165) is 36.3 Å². The van der Waals surface area contributed by atoms with Crippen LogP contribution in [0, 0.1) is 5.92 Å². The number of hydrogen-bond acceptors (Lipinski definition) is 3. The van der Waals surface area contributed by atoms with Crippen molar-refractivity contribution in [2.75, 3.05) is 5.32 Å². The number of hydrogen-bond donors (Lipinski definition) is 2. The number of aromatic nitrogens is 3. The smallest absolute Gasteiger partial charge is 0.227 e. The maximum Gasteiger partial charge on any atom is 0.227 e. The molecule has 5 nitrogen and oxygen atoms in total. The first-order valence-electron chi connectivity index (χ1n) is 6.05. The van der Waals surface area contributed by atoms with E-state index < -0.39 is 0 Å². The van der Waals surface area contributed by atoms with Crippen LogP contribution in [0.25, 0.3) is 0 Å². The number of carbonyl (C=O) groups is 1. The maximum absolute atomic E-state index is 12.1. The quantitative estimate of drug-likeness (QED) is 0.839. The van der Waals surface area contributed by atoms with Gasteiger partial charge in [0.1, 0.15) is 0 Å². The van der Waals surface area contributed by atoms with Crippen molar-refractivity contribution in [1.29, 1.82) is 0 Å². The molecule has 92 valence electrons. The molecule has 0 saturated heterocycles. The lowest BCUT2D eigenvalue weighted by Crippen LogP contribution is -2.28. The Bertz CT molecular complexity index is 549. The molecule has 2 aromatic rings. The van der Waals surface area contributed by atoms with Crippen LogP contribution < -0.4 is 5.32 Å². The van der Waals surface area contributed by atoms with Crippen LogP contribution in [-0.2, 0) is 17.6 Å². The van der Waals surface area contributed by atoms with Gasteiger partial charge in [0.05, 0.1) is 12.0 Å². The number of aromatic amines is 1. The van der Waals surface area contributed by atoms with Crippen LogP contribution in [-0.4, -0.2) is 20.9 Å². The van der Waals surface area contributed by atoms with E-state index in [1.54, 1.807) is 30.9 Å². The summed E-state index contributed by atoms with van der Waals surface area (Å²) in [7, 11) is 0. The van der Waals surface area contributed by atoms with Crippen molar-refractivity contribution in [3.8, 4) is 0 Å². The standard InChI is InChI=1S/C13H14N4O/c18-13(17-10-3-5-14-6-4-10)9-1-2-11-12(7-9)16-8-15-11/h3-6,8-9H,1-2,7H2,(H,15,16)(H,14,17,18). The van der Waals surface area contributed by atoms with Gasteiger partial charge in [-0.15, -0.1) is 0 Å². The number of pyridine rings is 1. The molecule has 2 N–H and O–H groups in total. The normalized spacial score (nSPS) is 18.1. The number of nitrogens with zero attached hydrogens (tertiary/aromatic N) is 2. The van der Waals surface area contributed by atoms with Crippen LogP contribution in [0.3, 0.4) is 0 Å². The molecular formula is C13H14N4O. The summed E-state index contributed by atoms with van der Waals surface area (Å²) in [4.78, 5) is 23.4. The van der Waals surface area contributed by atoms with Crippen molar-refractivity contribution in [3.63, 3.8) is 0 Å². The zero-order chi connectivity index (χ0) is 12.4. The van der Waals surface area contributed by atoms with Crippen molar-refractivity contribution in [1.82, 2.24) is 15.0 Å². The number of aryl methyl sites for hydroxylation is 1. The number of rotatable bonds is 2. The van der Waals surface area contributed by atoms with Crippen LogP contribution in [0.5, 0.6) is 0 Å². The molecule has 0 aromatic carbocycles. The Morgan fingerprint density at radius 1 is 1.39 bits per heavy atom. The van der Waals surface area contributed by atoms with Gasteiger partial charge >= 0.3 is 0 Å². The van der Waals surface area contributed by atoms with E-state index in [1.807, 2.05) is 0 Å². The van der Waals surface area contributed by atoms with Gasteiger partial charge in [-0.3, -0.25) is 9.78 Å². The number of carbonyl (C=O) groups excluding carboxylic acids is 1. The first-order valence-corrected chi connectivity index (χ1v) is 6.05. The molecule has 1 atom stereocenters. The minimum absolute atomic E-state index is 0.0196. The lowest BCUT2D eigenvalue weighted by atomic mass is 9.89. The summed E-state index contributed by atoms with van der Waals surface area (Å²) in [6.45, 7) is 0. The highest BCUT2D eigenvalue weighted by Gasteiger charge is 2.26. The van der Waals surface area contributed by atoms with Crippen molar-refractivity contribution in [2.24, 2.45) is 5.92 Å². The van der Waals surface area contributed by atoms with E-state index in [-0.39, 0.29) is 11.8 Å². The largest absolute Gasteiger partial charge is 0.348 e. The highest BCUT2D eigenvalue weighted by Crippen LogP contribution is 2.23.